The number of likely N-dealkylation sites (N-methyl/N-ethyl adjacent to an activating group) is 1. The molecule has 0 saturated carbocycles. The lowest BCUT2D eigenvalue weighted by Crippen LogP contribution is -3.00. The molecule has 0 aliphatic carbocycles. The smallest absolute Gasteiger partial charge is 0.117 e. The molecule has 0 aromatic rings. The van der Waals surface area contributed by atoms with Gasteiger partial charge in [-0.05, 0) is 12.8 Å². The normalized spacial score (nSPS) is 23.0. The molecular weight excluding hydrogens is 470 g/mol. The van der Waals surface area contributed by atoms with Gasteiger partial charge in [-0.3, -0.25) is 0 Å². The van der Waals surface area contributed by atoms with Crippen molar-refractivity contribution in [3.8, 4) is 0 Å². The van der Waals surface area contributed by atoms with E-state index in [0.29, 0.717) is 11.5 Å². The summed E-state index contributed by atoms with van der Waals surface area (Å²) in [4.78, 5) is 0. The van der Waals surface area contributed by atoms with Gasteiger partial charge in [-0.25, -0.2) is 0 Å². The first-order valence-corrected chi connectivity index (χ1v) is 14.4. The number of unbranched alkanes of at least 4 members (excludes halogenated alkanes) is 14. The van der Waals surface area contributed by atoms with Crippen molar-refractivity contribution in [2.24, 2.45) is 0 Å². The van der Waals surface area contributed by atoms with Crippen molar-refractivity contribution in [2.75, 3.05) is 45.6 Å². The monoisotopic (exact) mass is 521 g/mol. The first-order valence-electron chi connectivity index (χ1n) is 13.4. The van der Waals surface area contributed by atoms with E-state index in [0.717, 1.165) is 30.8 Å². The number of hydrogen-bond donors (Lipinski definition) is 0. The van der Waals surface area contributed by atoms with Crippen molar-refractivity contribution in [2.45, 2.75) is 121 Å². The molecule has 2 aliphatic heterocycles. The summed E-state index contributed by atoms with van der Waals surface area (Å²) < 4.78 is 13.0. The molecular formula is C26H52BrNO2S. The maximum Gasteiger partial charge on any atom is 0.117 e. The Morgan fingerprint density at radius 3 is 1.74 bits per heavy atom. The van der Waals surface area contributed by atoms with Gasteiger partial charge in [-0.1, -0.05) is 96.8 Å². The van der Waals surface area contributed by atoms with Gasteiger partial charge in [0.2, 0.25) is 0 Å². The zero-order valence-electron chi connectivity index (χ0n) is 20.8. The molecule has 2 atom stereocenters. The predicted octanol–water partition coefficient (Wildman–Crippen LogP) is 4.19. The highest BCUT2D eigenvalue weighted by Gasteiger charge is 2.34. The molecule has 2 rings (SSSR count). The highest BCUT2D eigenvalue weighted by atomic mass is 79.9. The molecule has 2 aliphatic rings. The van der Waals surface area contributed by atoms with Crippen molar-refractivity contribution in [1.82, 2.24) is 0 Å². The number of hydrogen-bond acceptors (Lipinski definition) is 3. The van der Waals surface area contributed by atoms with E-state index < -0.39 is 0 Å². The number of rotatable bonds is 18. The van der Waals surface area contributed by atoms with E-state index >= 15 is 0 Å². The zero-order valence-corrected chi connectivity index (χ0v) is 23.2. The average molecular weight is 523 g/mol. The van der Waals surface area contributed by atoms with E-state index in [1.165, 1.54) is 115 Å². The van der Waals surface area contributed by atoms with Gasteiger partial charge in [-0.15, -0.1) is 11.8 Å². The van der Waals surface area contributed by atoms with Crippen LogP contribution in [0.25, 0.3) is 0 Å². The third-order valence-corrected chi connectivity index (χ3v) is 8.33. The van der Waals surface area contributed by atoms with Gasteiger partial charge in [0.15, 0.2) is 0 Å². The van der Waals surface area contributed by atoms with Gasteiger partial charge in [0.25, 0.3) is 0 Å². The number of thioether (sulfide) groups is 1. The van der Waals surface area contributed by atoms with Crippen LogP contribution in [0.15, 0.2) is 0 Å². The van der Waals surface area contributed by atoms with Crippen LogP contribution in [0.4, 0.5) is 0 Å². The van der Waals surface area contributed by atoms with E-state index in [9.17, 15) is 0 Å². The molecule has 0 amide bonds. The standard InChI is InChI=1S/C26H52NO2S.BrH/c1-3-4-5-6-7-8-9-10-11-12-13-14-15-16-17-18-26-29-25(24-30-26)23-27(2)19-21-28-22-20-27;/h25-26H,3-24H2,1-2H3;1H/q+1;/p-1. The van der Waals surface area contributed by atoms with Gasteiger partial charge in [0.05, 0.1) is 20.3 Å². The molecule has 2 saturated heterocycles. The fourth-order valence-electron chi connectivity index (χ4n) is 4.90. The molecule has 0 aromatic heterocycles. The molecule has 3 nitrogen and oxygen atoms in total. The van der Waals surface area contributed by atoms with Gasteiger partial charge < -0.3 is 30.9 Å². The Kier molecular flexibility index (Phi) is 18.3. The quantitative estimate of drug-likeness (QED) is 0.199. The minimum atomic E-state index is 0. The number of nitrogens with zero attached hydrogens (tertiary/aromatic N) is 1. The summed E-state index contributed by atoms with van der Waals surface area (Å²) in [6, 6.07) is 0. The average Bonchev–Trinajstić information content (AvgIpc) is 3.18. The molecule has 0 bridgehead atoms. The third-order valence-electron chi connectivity index (χ3n) is 7.05. The minimum absolute atomic E-state index is 0. The molecule has 2 unspecified atom stereocenters. The molecule has 0 aromatic carbocycles. The Morgan fingerprint density at radius 2 is 1.23 bits per heavy atom. The Bertz CT molecular complexity index is 407. The van der Waals surface area contributed by atoms with Crippen LogP contribution in [0.5, 0.6) is 0 Å². The van der Waals surface area contributed by atoms with E-state index in [4.69, 9.17) is 9.47 Å². The van der Waals surface area contributed by atoms with Crippen LogP contribution < -0.4 is 17.0 Å². The lowest BCUT2D eigenvalue weighted by atomic mass is 10.0. The summed E-state index contributed by atoms with van der Waals surface area (Å²) >= 11 is 2.06. The van der Waals surface area contributed by atoms with E-state index in [1.54, 1.807) is 0 Å². The summed E-state index contributed by atoms with van der Waals surface area (Å²) in [6.45, 7) is 7.60. The van der Waals surface area contributed by atoms with Crippen LogP contribution >= 0.6 is 11.8 Å². The molecule has 186 valence electrons. The Balaban J connectivity index is 0.00000480. The van der Waals surface area contributed by atoms with Crippen molar-refractivity contribution < 1.29 is 30.9 Å². The first kappa shape index (κ1) is 29.7. The molecule has 2 fully saturated rings. The Labute approximate surface area is 209 Å². The molecule has 2 heterocycles. The number of halogens is 1. The Morgan fingerprint density at radius 1 is 0.742 bits per heavy atom. The largest absolute Gasteiger partial charge is 1.00 e. The van der Waals surface area contributed by atoms with Crippen molar-refractivity contribution in [3.05, 3.63) is 0 Å². The highest BCUT2D eigenvalue weighted by molar-refractivity contribution is 8.00. The predicted molar refractivity (Wildman–Crippen MR) is 132 cm³/mol. The number of morpholine rings is 1. The van der Waals surface area contributed by atoms with E-state index in [-0.39, 0.29) is 17.0 Å². The van der Waals surface area contributed by atoms with Crippen LogP contribution in [0, 0.1) is 0 Å². The molecule has 5 heteroatoms. The van der Waals surface area contributed by atoms with Crippen LogP contribution in [0.2, 0.25) is 0 Å². The Hall–Kier alpha value is 0.710. The maximum atomic E-state index is 6.36. The highest BCUT2D eigenvalue weighted by Crippen LogP contribution is 2.30. The fourth-order valence-corrected chi connectivity index (χ4v) is 6.08. The second kappa shape index (κ2) is 19.1. The van der Waals surface area contributed by atoms with Gasteiger partial charge >= 0.3 is 0 Å². The molecule has 0 spiro atoms. The van der Waals surface area contributed by atoms with Crippen LogP contribution in [0.1, 0.15) is 110 Å². The minimum Gasteiger partial charge on any atom is -1.00 e. The van der Waals surface area contributed by atoms with Gasteiger partial charge in [-0.2, -0.15) is 0 Å². The lowest BCUT2D eigenvalue weighted by molar-refractivity contribution is -0.919. The number of ether oxygens (including phenoxy) is 2. The first-order chi connectivity index (χ1) is 14.7. The van der Waals surface area contributed by atoms with Crippen molar-refractivity contribution in [3.63, 3.8) is 0 Å². The van der Waals surface area contributed by atoms with Crippen LogP contribution in [-0.2, 0) is 9.47 Å². The summed E-state index contributed by atoms with van der Waals surface area (Å²) in [5, 5.41) is 0. The van der Waals surface area contributed by atoms with E-state index in [1.807, 2.05) is 0 Å². The second-order valence-electron chi connectivity index (χ2n) is 10.1. The summed E-state index contributed by atoms with van der Waals surface area (Å²) in [6.07, 6.45) is 23.3. The van der Waals surface area contributed by atoms with Gasteiger partial charge in [0, 0.05) is 5.75 Å². The second-order valence-corrected chi connectivity index (χ2v) is 11.3. The molecule has 0 radical (unpaired) electrons. The van der Waals surface area contributed by atoms with Crippen LogP contribution in [-0.4, -0.2) is 61.7 Å². The summed E-state index contributed by atoms with van der Waals surface area (Å²) in [5.41, 5.74) is 0.463. The summed E-state index contributed by atoms with van der Waals surface area (Å²) in [5.74, 6) is 1.19. The van der Waals surface area contributed by atoms with E-state index in [2.05, 4.69) is 25.7 Å². The SMILES string of the molecule is CCCCCCCCCCCCCCCCCC1OC(C[N+]2(C)CCOCC2)CS1.[Br-]. The molecule has 0 N–H and O–H groups in total. The summed E-state index contributed by atoms with van der Waals surface area (Å²) in [7, 11) is 2.37. The van der Waals surface area contributed by atoms with Crippen LogP contribution in [0.3, 0.4) is 0 Å². The van der Waals surface area contributed by atoms with Crippen molar-refractivity contribution in [1.29, 1.82) is 0 Å². The third kappa shape index (κ3) is 14.6. The maximum absolute atomic E-state index is 6.36. The zero-order chi connectivity index (χ0) is 21.3. The van der Waals surface area contributed by atoms with Gasteiger partial charge in [0.1, 0.15) is 31.2 Å². The molecule has 31 heavy (non-hydrogen) atoms. The topological polar surface area (TPSA) is 18.5 Å². The van der Waals surface area contributed by atoms with Crippen molar-refractivity contribution >= 4 is 11.8 Å². The fraction of sp³-hybridized carbons (Fsp3) is 1.00. The lowest BCUT2D eigenvalue weighted by Gasteiger charge is -2.38. The number of quaternary nitrogens is 1.